The van der Waals surface area contributed by atoms with Crippen molar-refractivity contribution in [3.8, 4) is 0 Å². The number of piperidine rings is 1. The van der Waals surface area contributed by atoms with Crippen LogP contribution in [0, 0.1) is 5.92 Å². The smallest absolute Gasteiger partial charge is 0.197 e. The van der Waals surface area contributed by atoms with E-state index in [9.17, 15) is 0 Å². The summed E-state index contributed by atoms with van der Waals surface area (Å²) in [6, 6.07) is 10.7. The number of hydrogen-bond acceptors (Lipinski definition) is 4. The summed E-state index contributed by atoms with van der Waals surface area (Å²) in [5.41, 5.74) is 1.37. The fourth-order valence-electron chi connectivity index (χ4n) is 4.57. The molecule has 4 rings (SSSR count). The maximum Gasteiger partial charge on any atom is 0.197 e. The van der Waals surface area contributed by atoms with Crippen molar-refractivity contribution in [3.63, 3.8) is 0 Å². The first kappa shape index (κ1) is 17.8. The van der Waals surface area contributed by atoms with Gasteiger partial charge in [0.15, 0.2) is 5.96 Å². The number of benzene rings is 1. The Hall–Kier alpha value is -1.55. The van der Waals surface area contributed by atoms with Crippen LogP contribution in [0.25, 0.3) is 0 Å². The number of likely N-dealkylation sites (tertiary alicyclic amines) is 1. The molecule has 1 saturated heterocycles. The topological polar surface area (TPSA) is 28.1 Å². The first-order valence-electron chi connectivity index (χ1n) is 10.6. The van der Waals surface area contributed by atoms with Gasteiger partial charge in [-0.15, -0.1) is 0 Å². The van der Waals surface area contributed by atoms with E-state index in [4.69, 9.17) is 9.73 Å². The molecule has 26 heavy (non-hydrogen) atoms. The van der Waals surface area contributed by atoms with E-state index in [0.29, 0.717) is 6.10 Å². The van der Waals surface area contributed by atoms with Gasteiger partial charge in [0.25, 0.3) is 0 Å². The van der Waals surface area contributed by atoms with Crippen LogP contribution in [0.4, 0.5) is 0 Å². The average molecular weight is 356 g/mol. The minimum Gasteiger partial charge on any atom is -0.378 e. The molecule has 0 atom stereocenters. The molecule has 3 aliphatic rings. The molecule has 0 radical (unpaired) electrons. The van der Waals surface area contributed by atoms with Crippen LogP contribution in [0.2, 0.25) is 0 Å². The largest absolute Gasteiger partial charge is 0.378 e. The third-order valence-corrected chi connectivity index (χ3v) is 6.14. The summed E-state index contributed by atoms with van der Waals surface area (Å²) in [6.45, 7) is 6.10. The van der Waals surface area contributed by atoms with Gasteiger partial charge in [0.2, 0.25) is 0 Å². The second kappa shape index (κ2) is 8.90. The van der Waals surface area contributed by atoms with E-state index in [1.807, 2.05) is 0 Å². The number of nitrogens with zero attached hydrogens (tertiary/aromatic N) is 3. The molecule has 1 aromatic carbocycles. The van der Waals surface area contributed by atoms with Crippen LogP contribution in [0.3, 0.4) is 0 Å². The van der Waals surface area contributed by atoms with Crippen LogP contribution in [-0.4, -0.2) is 54.6 Å². The Balaban J connectivity index is 1.23. The van der Waals surface area contributed by atoms with Crippen molar-refractivity contribution in [1.29, 1.82) is 0 Å². The molecule has 1 saturated carbocycles. The van der Waals surface area contributed by atoms with Gasteiger partial charge in [-0.2, -0.15) is 0 Å². The highest BCUT2D eigenvalue weighted by Gasteiger charge is 2.28. The van der Waals surface area contributed by atoms with Crippen molar-refractivity contribution in [3.05, 3.63) is 35.9 Å². The number of hydrogen-bond donors (Lipinski definition) is 0. The Morgan fingerprint density at radius 3 is 2.46 bits per heavy atom. The minimum absolute atomic E-state index is 0.456. The van der Waals surface area contributed by atoms with Crippen LogP contribution < -0.4 is 0 Å². The zero-order valence-corrected chi connectivity index (χ0v) is 16.0. The molecular formula is C22H33N3O. The zero-order chi connectivity index (χ0) is 17.6. The molecule has 0 spiro atoms. The predicted octanol–water partition coefficient (Wildman–Crippen LogP) is 3.92. The first-order chi connectivity index (χ1) is 12.9. The van der Waals surface area contributed by atoms with E-state index in [-0.39, 0.29) is 0 Å². The molecule has 2 heterocycles. The van der Waals surface area contributed by atoms with Gasteiger partial charge in [-0.3, -0.25) is 4.99 Å². The predicted molar refractivity (Wildman–Crippen MR) is 106 cm³/mol. The Morgan fingerprint density at radius 1 is 0.923 bits per heavy atom. The summed E-state index contributed by atoms with van der Waals surface area (Å²) in [5, 5.41) is 0. The summed E-state index contributed by atoms with van der Waals surface area (Å²) in [4.78, 5) is 9.73. The molecule has 0 N–H and O–H groups in total. The van der Waals surface area contributed by atoms with Crippen molar-refractivity contribution < 1.29 is 4.74 Å². The Labute approximate surface area is 158 Å². The first-order valence-corrected chi connectivity index (χ1v) is 10.6. The van der Waals surface area contributed by atoms with Gasteiger partial charge in [0, 0.05) is 32.8 Å². The van der Waals surface area contributed by atoms with Crippen LogP contribution in [-0.2, 0) is 11.3 Å². The number of aliphatic imine (C=N–C) groups is 1. The summed E-state index contributed by atoms with van der Waals surface area (Å²) in [6.07, 6.45) is 9.74. The summed E-state index contributed by atoms with van der Waals surface area (Å²) in [7, 11) is 0. The van der Waals surface area contributed by atoms with Crippen LogP contribution in [0.1, 0.15) is 50.5 Å². The number of ether oxygens (including phenoxy) is 1. The molecule has 0 amide bonds. The van der Waals surface area contributed by atoms with Crippen LogP contribution >= 0.6 is 0 Å². The lowest BCUT2D eigenvalue weighted by Crippen LogP contribution is -2.47. The van der Waals surface area contributed by atoms with Gasteiger partial charge in [0.1, 0.15) is 0 Å². The molecule has 142 valence electrons. The third kappa shape index (κ3) is 4.59. The molecule has 0 bridgehead atoms. The van der Waals surface area contributed by atoms with Gasteiger partial charge in [-0.05, 0) is 37.2 Å². The summed E-state index contributed by atoms with van der Waals surface area (Å²) >= 11 is 0. The highest BCUT2D eigenvalue weighted by molar-refractivity contribution is 5.81. The van der Waals surface area contributed by atoms with Gasteiger partial charge >= 0.3 is 0 Å². The highest BCUT2D eigenvalue weighted by Crippen LogP contribution is 2.25. The van der Waals surface area contributed by atoms with E-state index in [1.54, 1.807) is 0 Å². The second-order valence-corrected chi connectivity index (χ2v) is 8.11. The molecule has 0 aromatic heterocycles. The highest BCUT2D eigenvalue weighted by atomic mass is 16.5. The third-order valence-electron chi connectivity index (χ3n) is 6.14. The van der Waals surface area contributed by atoms with Crippen molar-refractivity contribution in [2.24, 2.45) is 10.9 Å². The zero-order valence-electron chi connectivity index (χ0n) is 16.0. The van der Waals surface area contributed by atoms with E-state index < -0.39 is 0 Å². The second-order valence-electron chi connectivity index (χ2n) is 8.11. The van der Waals surface area contributed by atoms with Gasteiger partial charge in [0.05, 0.1) is 12.6 Å². The lowest BCUT2D eigenvalue weighted by atomic mass is 9.90. The van der Waals surface area contributed by atoms with Crippen molar-refractivity contribution in [1.82, 2.24) is 9.80 Å². The average Bonchev–Trinajstić information content (AvgIpc) is 3.16. The molecule has 2 aliphatic heterocycles. The summed E-state index contributed by atoms with van der Waals surface area (Å²) < 4.78 is 6.28. The van der Waals surface area contributed by atoms with Crippen molar-refractivity contribution in [2.45, 2.75) is 57.6 Å². The minimum atomic E-state index is 0.456. The van der Waals surface area contributed by atoms with E-state index in [1.165, 1.54) is 43.6 Å². The Morgan fingerprint density at radius 2 is 1.69 bits per heavy atom. The Kier molecular flexibility index (Phi) is 6.11. The monoisotopic (exact) mass is 355 g/mol. The van der Waals surface area contributed by atoms with Crippen molar-refractivity contribution >= 4 is 5.96 Å². The fourth-order valence-corrected chi connectivity index (χ4v) is 4.57. The van der Waals surface area contributed by atoms with Gasteiger partial charge in [-0.25, -0.2) is 0 Å². The van der Waals surface area contributed by atoms with E-state index in [0.717, 1.165) is 58.1 Å². The lowest BCUT2D eigenvalue weighted by molar-refractivity contribution is -0.00676. The molecule has 4 heteroatoms. The van der Waals surface area contributed by atoms with E-state index >= 15 is 0 Å². The fraction of sp³-hybridized carbons (Fsp3) is 0.682. The lowest BCUT2D eigenvalue weighted by Gasteiger charge is -2.37. The maximum absolute atomic E-state index is 6.28. The maximum atomic E-state index is 6.28. The molecule has 4 nitrogen and oxygen atoms in total. The standard InChI is InChI=1S/C22H33N3O/c1-3-7-19(8-4-1)17-25-16-13-23-22(25)24-14-11-21(12-15-24)26-18-20-9-5-2-6-10-20/h1,3-4,7-8,20-21H,2,5-6,9-18H2. The van der Waals surface area contributed by atoms with Gasteiger partial charge < -0.3 is 14.5 Å². The number of guanidine groups is 1. The normalized spacial score (nSPS) is 22.7. The van der Waals surface area contributed by atoms with E-state index in [2.05, 4.69) is 40.1 Å². The number of rotatable bonds is 5. The molecule has 0 unspecified atom stereocenters. The van der Waals surface area contributed by atoms with Crippen molar-refractivity contribution in [2.75, 3.05) is 32.8 Å². The van der Waals surface area contributed by atoms with Gasteiger partial charge in [-0.1, -0.05) is 49.6 Å². The molecular weight excluding hydrogens is 322 g/mol. The molecule has 1 aliphatic carbocycles. The van der Waals surface area contributed by atoms with Crippen LogP contribution in [0.5, 0.6) is 0 Å². The molecule has 2 fully saturated rings. The quantitative estimate of drug-likeness (QED) is 0.801. The SMILES string of the molecule is c1ccc(CN2CCN=C2N2CCC(OCC3CCCCC3)CC2)cc1. The van der Waals surface area contributed by atoms with Crippen LogP contribution in [0.15, 0.2) is 35.3 Å². The molecule has 1 aromatic rings. The summed E-state index contributed by atoms with van der Waals surface area (Å²) in [5.74, 6) is 2.03. The Bertz CT molecular complexity index is 574.